The first-order valence-electron chi connectivity index (χ1n) is 8.96. The minimum atomic E-state index is -0.0839. The van der Waals surface area contributed by atoms with E-state index in [1.54, 1.807) is 23.1 Å². The van der Waals surface area contributed by atoms with Crippen molar-refractivity contribution in [3.63, 3.8) is 0 Å². The molecule has 0 spiro atoms. The second-order valence-electron chi connectivity index (χ2n) is 6.83. The number of hydrogen-bond donors (Lipinski definition) is 1. The van der Waals surface area contributed by atoms with Crippen LogP contribution in [0.3, 0.4) is 0 Å². The monoisotopic (exact) mass is 366 g/mol. The first-order valence-corrected chi connectivity index (χ1v) is 8.96. The number of aryl methyl sites for hydroxylation is 1. The third-order valence-electron chi connectivity index (χ3n) is 4.53. The van der Waals surface area contributed by atoms with Gasteiger partial charge in [-0.15, -0.1) is 0 Å². The zero-order valence-electron chi connectivity index (χ0n) is 15.4. The van der Waals surface area contributed by atoms with Crippen molar-refractivity contribution in [1.29, 1.82) is 0 Å². The molecule has 4 heterocycles. The number of carbonyl (C=O) groups is 1. The molecule has 0 unspecified atom stereocenters. The van der Waals surface area contributed by atoms with E-state index in [4.69, 9.17) is 4.74 Å². The third kappa shape index (κ3) is 4.12. The average Bonchev–Trinajstić information content (AvgIpc) is 3.07. The van der Waals surface area contributed by atoms with Gasteiger partial charge in [0.15, 0.2) is 0 Å². The summed E-state index contributed by atoms with van der Waals surface area (Å²) in [5.41, 5.74) is 2.56. The van der Waals surface area contributed by atoms with Crippen molar-refractivity contribution in [3.8, 4) is 11.3 Å². The van der Waals surface area contributed by atoms with Gasteiger partial charge in [-0.1, -0.05) is 0 Å². The van der Waals surface area contributed by atoms with Crippen LogP contribution < -0.4 is 5.32 Å². The smallest absolute Gasteiger partial charge is 0.239 e. The van der Waals surface area contributed by atoms with Crippen molar-refractivity contribution in [1.82, 2.24) is 24.6 Å². The highest BCUT2D eigenvalue weighted by Crippen LogP contribution is 2.21. The summed E-state index contributed by atoms with van der Waals surface area (Å²) in [6.07, 6.45) is 5.57. The molecule has 0 aromatic carbocycles. The molecule has 1 atom stereocenters. The first kappa shape index (κ1) is 17.6. The highest BCUT2D eigenvalue weighted by Gasteiger charge is 2.19. The van der Waals surface area contributed by atoms with Crippen molar-refractivity contribution in [2.45, 2.75) is 13.0 Å². The molecule has 4 rings (SSSR count). The predicted octanol–water partition coefficient (Wildman–Crippen LogP) is 1.69. The summed E-state index contributed by atoms with van der Waals surface area (Å²) < 4.78 is 7.25. The van der Waals surface area contributed by atoms with Crippen LogP contribution in [0, 0.1) is 0 Å². The van der Waals surface area contributed by atoms with E-state index in [0.717, 1.165) is 35.2 Å². The fraction of sp³-hybridized carbons (Fsp3) is 0.368. The van der Waals surface area contributed by atoms with Crippen molar-refractivity contribution in [2.75, 3.05) is 31.6 Å². The highest BCUT2D eigenvalue weighted by molar-refractivity contribution is 5.93. The van der Waals surface area contributed by atoms with E-state index in [1.165, 1.54) is 0 Å². The second kappa shape index (κ2) is 7.42. The van der Waals surface area contributed by atoms with Gasteiger partial charge in [0, 0.05) is 49.5 Å². The molecule has 0 saturated carbocycles. The summed E-state index contributed by atoms with van der Waals surface area (Å²) >= 11 is 0. The van der Waals surface area contributed by atoms with Gasteiger partial charge in [-0.2, -0.15) is 5.10 Å². The molecule has 1 saturated heterocycles. The summed E-state index contributed by atoms with van der Waals surface area (Å²) in [5.74, 6) is 0.420. The molecule has 140 valence electrons. The van der Waals surface area contributed by atoms with Gasteiger partial charge in [0.2, 0.25) is 5.91 Å². The number of morpholine rings is 1. The van der Waals surface area contributed by atoms with Crippen molar-refractivity contribution < 1.29 is 9.53 Å². The molecule has 8 nitrogen and oxygen atoms in total. The van der Waals surface area contributed by atoms with Crippen LogP contribution in [0.4, 0.5) is 5.82 Å². The van der Waals surface area contributed by atoms with Crippen LogP contribution in [0.5, 0.6) is 0 Å². The lowest BCUT2D eigenvalue weighted by Crippen LogP contribution is -2.44. The quantitative estimate of drug-likeness (QED) is 0.756. The van der Waals surface area contributed by atoms with E-state index in [9.17, 15) is 4.79 Å². The number of nitrogens with zero attached hydrogens (tertiary/aromatic N) is 5. The van der Waals surface area contributed by atoms with Gasteiger partial charge in [0.05, 0.1) is 36.7 Å². The third-order valence-corrected chi connectivity index (χ3v) is 4.53. The molecular weight excluding hydrogens is 344 g/mol. The summed E-state index contributed by atoms with van der Waals surface area (Å²) in [6, 6.07) is 5.71. The number of carbonyl (C=O) groups excluding carboxylic acids is 1. The van der Waals surface area contributed by atoms with E-state index >= 15 is 0 Å². The Morgan fingerprint density at radius 2 is 2.26 bits per heavy atom. The predicted molar refractivity (Wildman–Crippen MR) is 102 cm³/mol. The fourth-order valence-electron chi connectivity index (χ4n) is 3.22. The number of hydrogen-bond acceptors (Lipinski definition) is 6. The molecular formula is C19H22N6O2. The Kier molecular flexibility index (Phi) is 4.83. The molecule has 8 heteroatoms. The number of nitrogens with one attached hydrogen (secondary N) is 1. The lowest BCUT2D eigenvalue weighted by Gasteiger charge is -2.30. The summed E-state index contributed by atoms with van der Waals surface area (Å²) in [4.78, 5) is 23.4. The maximum atomic E-state index is 12.3. The van der Waals surface area contributed by atoms with Gasteiger partial charge < -0.3 is 10.1 Å². The summed E-state index contributed by atoms with van der Waals surface area (Å²) in [7, 11) is 1.87. The number of amides is 1. The number of fused-ring (bicyclic) bond motifs is 1. The topological polar surface area (TPSA) is 85.2 Å². The van der Waals surface area contributed by atoms with Crippen LogP contribution in [-0.2, 0) is 16.6 Å². The molecule has 1 N–H and O–H groups in total. The molecule has 0 radical (unpaired) electrons. The molecule has 0 aliphatic carbocycles. The Labute approximate surface area is 157 Å². The van der Waals surface area contributed by atoms with E-state index in [1.807, 2.05) is 32.3 Å². The van der Waals surface area contributed by atoms with Crippen LogP contribution in [0.2, 0.25) is 0 Å². The molecule has 1 fully saturated rings. The van der Waals surface area contributed by atoms with E-state index in [-0.39, 0.29) is 12.0 Å². The first-order chi connectivity index (χ1) is 13.1. The Balaban J connectivity index is 1.49. The maximum absolute atomic E-state index is 12.3. The SMILES string of the molecule is C[C@H]1CN(CC(=O)Nc2cc3nc(-c4cnn(C)c4)ccc3cn2)CCO1. The van der Waals surface area contributed by atoms with Crippen molar-refractivity contribution >= 4 is 22.6 Å². The average molecular weight is 366 g/mol. The zero-order chi connectivity index (χ0) is 18.8. The van der Waals surface area contributed by atoms with Crippen LogP contribution in [0.15, 0.2) is 36.8 Å². The van der Waals surface area contributed by atoms with Crippen LogP contribution in [-0.4, -0.2) is 62.9 Å². The maximum Gasteiger partial charge on any atom is 0.239 e. The zero-order valence-corrected chi connectivity index (χ0v) is 15.4. The van der Waals surface area contributed by atoms with Crippen LogP contribution in [0.1, 0.15) is 6.92 Å². The Bertz CT molecular complexity index is 970. The molecule has 27 heavy (non-hydrogen) atoms. The van der Waals surface area contributed by atoms with Crippen LogP contribution in [0.25, 0.3) is 22.2 Å². The minimum Gasteiger partial charge on any atom is -0.376 e. The lowest BCUT2D eigenvalue weighted by molar-refractivity contribution is -0.119. The van der Waals surface area contributed by atoms with Crippen molar-refractivity contribution in [3.05, 3.63) is 36.8 Å². The number of pyridine rings is 2. The number of aromatic nitrogens is 4. The van der Waals surface area contributed by atoms with Gasteiger partial charge >= 0.3 is 0 Å². The fourth-order valence-corrected chi connectivity index (χ4v) is 3.22. The van der Waals surface area contributed by atoms with Gasteiger partial charge in [-0.05, 0) is 19.1 Å². The van der Waals surface area contributed by atoms with Gasteiger partial charge in [0.1, 0.15) is 5.82 Å². The van der Waals surface area contributed by atoms with Crippen LogP contribution >= 0.6 is 0 Å². The Morgan fingerprint density at radius 3 is 3.04 bits per heavy atom. The van der Waals surface area contributed by atoms with Gasteiger partial charge in [0.25, 0.3) is 0 Å². The highest BCUT2D eigenvalue weighted by atomic mass is 16.5. The second-order valence-corrected chi connectivity index (χ2v) is 6.83. The minimum absolute atomic E-state index is 0.0839. The Hall–Kier alpha value is -2.84. The normalized spacial score (nSPS) is 17.9. The molecule has 0 bridgehead atoms. The standard InChI is InChI=1S/C19H22N6O2/c1-13-10-25(5-6-27-13)12-19(26)23-18-7-17-14(8-20-18)3-4-16(22-17)15-9-21-24(2)11-15/h3-4,7-9,11,13H,5-6,10,12H2,1-2H3,(H,20,23,26)/t13-/m0/s1. The van der Waals surface area contributed by atoms with Crippen molar-refractivity contribution in [2.24, 2.45) is 7.05 Å². The van der Waals surface area contributed by atoms with E-state index < -0.39 is 0 Å². The number of ether oxygens (including phenoxy) is 1. The largest absolute Gasteiger partial charge is 0.376 e. The molecule has 3 aromatic heterocycles. The van der Waals surface area contributed by atoms with Gasteiger partial charge in [-0.3, -0.25) is 14.4 Å². The number of anilines is 1. The molecule has 1 aliphatic heterocycles. The summed E-state index contributed by atoms with van der Waals surface area (Å²) in [5, 5.41) is 7.97. The molecule has 1 amide bonds. The molecule has 3 aromatic rings. The number of rotatable bonds is 4. The Morgan fingerprint density at radius 1 is 1.37 bits per heavy atom. The van der Waals surface area contributed by atoms with Gasteiger partial charge in [-0.25, -0.2) is 9.97 Å². The lowest BCUT2D eigenvalue weighted by atomic mass is 10.2. The van der Waals surface area contributed by atoms with E-state index in [2.05, 4.69) is 25.3 Å². The van der Waals surface area contributed by atoms with E-state index in [0.29, 0.717) is 19.0 Å². The summed E-state index contributed by atoms with van der Waals surface area (Å²) in [6.45, 7) is 4.52. The molecule has 1 aliphatic rings.